The van der Waals surface area contributed by atoms with Crippen molar-refractivity contribution < 1.29 is 9.53 Å². The molecule has 0 aliphatic heterocycles. The summed E-state index contributed by atoms with van der Waals surface area (Å²) in [7, 11) is 0. The fraction of sp³-hybridized carbons (Fsp3) is 0.150. The van der Waals surface area contributed by atoms with Crippen LogP contribution in [0.3, 0.4) is 0 Å². The molecule has 1 aromatic heterocycles. The summed E-state index contributed by atoms with van der Waals surface area (Å²) in [6.07, 6.45) is 0. The van der Waals surface area contributed by atoms with Gasteiger partial charge in [0.15, 0.2) is 0 Å². The predicted octanol–water partition coefficient (Wildman–Crippen LogP) is 4.07. The van der Waals surface area contributed by atoms with Crippen molar-refractivity contribution in [2.45, 2.75) is 19.9 Å². The molecule has 0 bridgehead atoms. The normalized spacial score (nSPS) is 11.6. The SMILES string of the molecule is Cc1ccc(Oc2ccc(C(=O)NC(C)c3ccccc3)cc2)nn1. The van der Waals surface area contributed by atoms with Gasteiger partial charge in [-0.25, -0.2) is 0 Å². The van der Waals surface area contributed by atoms with Crippen molar-refractivity contribution in [3.05, 3.63) is 83.6 Å². The van der Waals surface area contributed by atoms with E-state index in [0.29, 0.717) is 17.2 Å². The molecular weight excluding hydrogens is 314 g/mol. The second-order valence-corrected chi connectivity index (χ2v) is 5.75. The molecule has 1 unspecified atom stereocenters. The molecule has 1 heterocycles. The molecule has 1 amide bonds. The second-order valence-electron chi connectivity index (χ2n) is 5.75. The van der Waals surface area contributed by atoms with E-state index >= 15 is 0 Å². The maximum atomic E-state index is 12.4. The summed E-state index contributed by atoms with van der Waals surface area (Å²) >= 11 is 0. The monoisotopic (exact) mass is 333 g/mol. The zero-order chi connectivity index (χ0) is 17.6. The average molecular weight is 333 g/mol. The maximum absolute atomic E-state index is 12.4. The van der Waals surface area contributed by atoms with Gasteiger partial charge >= 0.3 is 0 Å². The van der Waals surface area contributed by atoms with Crippen LogP contribution in [0.25, 0.3) is 0 Å². The average Bonchev–Trinajstić information content (AvgIpc) is 2.65. The standard InChI is InChI=1S/C20H19N3O2/c1-14-8-13-19(23-22-14)25-18-11-9-17(10-12-18)20(24)21-15(2)16-6-4-3-5-7-16/h3-13,15H,1-2H3,(H,21,24). The Hall–Kier alpha value is -3.21. The third-order valence-corrected chi connectivity index (χ3v) is 3.76. The number of aromatic nitrogens is 2. The third kappa shape index (κ3) is 4.41. The Labute approximate surface area is 146 Å². The van der Waals surface area contributed by atoms with Gasteiger partial charge in [-0.1, -0.05) is 30.3 Å². The fourth-order valence-corrected chi connectivity index (χ4v) is 2.34. The Balaban J connectivity index is 1.63. The number of benzene rings is 2. The molecule has 0 aliphatic rings. The van der Waals surface area contributed by atoms with Gasteiger partial charge in [0.2, 0.25) is 5.88 Å². The minimum atomic E-state index is -0.127. The fourth-order valence-electron chi connectivity index (χ4n) is 2.34. The molecule has 2 aromatic carbocycles. The summed E-state index contributed by atoms with van der Waals surface area (Å²) in [4.78, 5) is 12.4. The van der Waals surface area contributed by atoms with Crippen LogP contribution in [0.1, 0.15) is 34.6 Å². The van der Waals surface area contributed by atoms with Crippen LogP contribution in [0.15, 0.2) is 66.7 Å². The van der Waals surface area contributed by atoms with Crippen LogP contribution in [0.2, 0.25) is 0 Å². The van der Waals surface area contributed by atoms with E-state index in [-0.39, 0.29) is 11.9 Å². The van der Waals surface area contributed by atoms with E-state index in [4.69, 9.17) is 4.74 Å². The van der Waals surface area contributed by atoms with Crippen LogP contribution in [0, 0.1) is 6.92 Å². The van der Waals surface area contributed by atoms with E-state index in [1.165, 1.54) is 0 Å². The zero-order valence-electron chi connectivity index (χ0n) is 14.1. The highest BCUT2D eigenvalue weighted by atomic mass is 16.5. The maximum Gasteiger partial charge on any atom is 0.251 e. The van der Waals surface area contributed by atoms with Gasteiger partial charge in [-0.15, -0.1) is 5.10 Å². The molecule has 25 heavy (non-hydrogen) atoms. The molecule has 5 nitrogen and oxygen atoms in total. The highest BCUT2D eigenvalue weighted by Gasteiger charge is 2.11. The van der Waals surface area contributed by atoms with Crippen LogP contribution < -0.4 is 10.1 Å². The number of carbonyl (C=O) groups excluding carboxylic acids is 1. The Kier molecular flexibility index (Phi) is 5.04. The van der Waals surface area contributed by atoms with Gasteiger partial charge in [0.05, 0.1) is 11.7 Å². The van der Waals surface area contributed by atoms with E-state index in [1.807, 2.05) is 50.2 Å². The molecule has 5 heteroatoms. The first-order valence-corrected chi connectivity index (χ1v) is 8.06. The molecule has 0 saturated carbocycles. The van der Waals surface area contributed by atoms with Crippen LogP contribution in [0.4, 0.5) is 0 Å². The van der Waals surface area contributed by atoms with Crippen molar-refractivity contribution in [1.82, 2.24) is 15.5 Å². The van der Waals surface area contributed by atoms with Gasteiger partial charge in [0.25, 0.3) is 5.91 Å². The zero-order valence-corrected chi connectivity index (χ0v) is 14.1. The lowest BCUT2D eigenvalue weighted by Crippen LogP contribution is -2.26. The number of rotatable bonds is 5. The van der Waals surface area contributed by atoms with Gasteiger partial charge in [-0.3, -0.25) is 4.79 Å². The van der Waals surface area contributed by atoms with Crippen molar-refractivity contribution in [3.63, 3.8) is 0 Å². The summed E-state index contributed by atoms with van der Waals surface area (Å²) in [5.41, 5.74) is 2.46. The molecule has 0 radical (unpaired) electrons. The predicted molar refractivity (Wildman–Crippen MR) is 95.6 cm³/mol. The van der Waals surface area contributed by atoms with Crippen molar-refractivity contribution >= 4 is 5.91 Å². The van der Waals surface area contributed by atoms with E-state index in [2.05, 4.69) is 15.5 Å². The summed E-state index contributed by atoms with van der Waals surface area (Å²) in [6.45, 7) is 3.82. The first-order valence-electron chi connectivity index (χ1n) is 8.06. The summed E-state index contributed by atoms with van der Waals surface area (Å²) in [5.74, 6) is 0.893. The van der Waals surface area contributed by atoms with E-state index < -0.39 is 0 Å². The summed E-state index contributed by atoms with van der Waals surface area (Å²) in [6, 6.07) is 20.3. The van der Waals surface area contributed by atoms with Crippen molar-refractivity contribution in [2.24, 2.45) is 0 Å². The first-order chi connectivity index (χ1) is 12.1. The van der Waals surface area contributed by atoms with Gasteiger partial charge in [0.1, 0.15) is 5.75 Å². The van der Waals surface area contributed by atoms with E-state index in [9.17, 15) is 4.79 Å². The second kappa shape index (κ2) is 7.57. The molecule has 0 spiro atoms. The third-order valence-electron chi connectivity index (χ3n) is 3.76. The minimum absolute atomic E-state index is 0.0625. The van der Waals surface area contributed by atoms with Gasteiger partial charge in [0, 0.05) is 11.6 Å². The van der Waals surface area contributed by atoms with Crippen molar-refractivity contribution in [2.75, 3.05) is 0 Å². The molecule has 126 valence electrons. The highest BCUT2D eigenvalue weighted by molar-refractivity contribution is 5.94. The minimum Gasteiger partial charge on any atom is -0.438 e. The lowest BCUT2D eigenvalue weighted by molar-refractivity contribution is 0.0940. The molecule has 3 rings (SSSR count). The number of hydrogen-bond acceptors (Lipinski definition) is 4. The Bertz CT molecular complexity index is 831. The Morgan fingerprint density at radius 1 is 0.960 bits per heavy atom. The van der Waals surface area contributed by atoms with E-state index in [0.717, 1.165) is 11.3 Å². The van der Waals surface area contributed by atoms with Crippen LogP contribution in [-0.2, 0) is 0 Å². The molecule has 0 saturated heterocycles. The number of carbonyl (C=O) groups is 1. The number of nitrogens with one attached hydrogen (secondary N) is 1. The van der Waals surface area contributed by atoms with Crippen LogP contribution >= 0.6 is 0 Å². The lowest BCUT2D eigenvalue weighted by atomic mass is 10.1. The molecule has 0 fully saturated rings. The lowest BCUT2D eigenvalue weighted by Gasteiger charge is -2.14. The molecule has 3 aromatic rings. The number of amides is 1. The van der Waals surface area contributed by atoms with Crippen LogP contribution in [0.5, 0.6) is 11.6 Å². The summed E-state index contributed by atoms with van der Waals surface area (Å²) < 4.78 is 5.61. The van der Waals surface area contributed by atoms with Gasteiger partial charge in [-0.2, -0.15) is 5.10 Å². The van der Waals surface area contributed by atoms with Crippen molar-refractivity contribution in [1.29, 1.82) is 0 Å². The molecule has 1 atom stereocenters. The van der Waals surface area contributed by atoms with Gasteiger partial charge in [-0.05, 0) is 49.7 Å². The molecular formula is C20H19N3O2. The van der Waals surface area contributed by atoms with Crippen molar-refractivity contribution in [3.8, 4) is 11.6 Å². The molecule has 0 aliphatic carbocycles. The largest absolute Gasteiger partial charge is 0.438 e. The number of hydrogen-bond donors (Lipinski definition) is 1. The van der Waals surface area contributed by atoms with Gasteiger partial charge < -0.3 is 10.1 Å². The quantitative estimate of drug-likeness (QED) is 0.764. The topological polar surface area (TPSA) is 64.1 Å². The number of ether oxygens (including phenoxy) is 1. The Morgan fingerprint density at radius 3 is 2.32 bits per heavy atom. The number of aryl methyl sites for hydroxylation is 1. The Morgan fingerprint density at radius 2 is 1.68 bits per heavy atom. The number of nitrogens with zero attached hydrogens (tertiary/aromatic N) is 2. The first kappa shape index (κ1) is 16.6. The highest BCUT2D eigenvalue weighted by Crippen LogP contribution is 2.20. The summed E-state index contributed by atoms with van der Waals surface area (Å²) in [5, 5.41) is 10.9. The van der Waals surface area contributed by atoms with Crippen LogP contribution in [-0.4, -0.2) is 16.1 Å². The molecule has 1 N–H and O–H groups in total. The van der Waals surface area contributed by atoms with E-state index in [1.54, 1.807) is 30.3 Å². The smallest absolute Gasteiger partial charge is 0.251 e.